The number of aromatic nitrogens is 3. The van der Waals surface area contributed by atoms with Gasteiger partial charge < -0.3 is 14.4 Å². The van der Waals surface area contributed by atoms with Gasteiger partial charge in [0, 0.05) is 18.4 Å². The summed E-state index contributed by atoms with van der Waals surface area (Å²) in [6, 6.07) is 0.532. The molecule has 0 aromatic carbocycles. The molecule has 1 rings (SSSR count). The number of nitrogens with zero attached hydrogens (tertiary/aromatic N) is 4. The molecule has 0 aliphatic heterocycles. The van der Waals surface area contributed by atoms with E-state index in [1.807, 2.05) is 0 Å². The van der Waals surface area contributed by atoms with Crippen LogP contribution in [0.1, 0.15) is 13.3 Å². The maximum atomic E-state index is 5.02. The largest absolute Gasteiger partial charge is 0.467 e. The number of halogens is 1. The number of methoxy groups -OCH3 is 2. The second kappa shape index (κ2) is 7.26. The molecule has 96 valence electrons. The highest BCUT2D eigenvalue weighted by atomic mass is 79.9. The Balaban J connectivity index is 2.99. The Morgan fingerprint density at radius 3 is 2.06 bits per heavy atom. The fourth-order valence-electron chi connectivity index (χ4n) is 1.34. The van der Waals surface area contributed by atoms with Crippen molar-refractivity contribution in [2.45, 2.75) is 13.3 Å². The van der Waals surface area contributed by atoms with Gasteiger partial charge in [0.25, 0.3) is 0 Å². The summed E-state index contributed by atoms with van der Waals surface area (Å²) in [4.78, 5) is 14.5. The molecule has 0 aliphatic carbocycles. The third-order valence-electron chi connectivity index (χ3n) is 2.08. The molecule has 7 heteroatoms. The lowest BCUT2D eigenvalue weighted by atomic mass is 10.4. The average Bonchev–Trinajstić information content (AvgIpc) is 2.37. The van der Waals surface area contributed by atoms with Gasteiger partial charge in [-0.3, -0.25) is 0 Å². The fraction of sp³-hybridized carbons (Fsp3) is 0.700. The second-order valence-electron chi connectivity index (χ2n) is 3.28. The van der Waals surface area contributed by atoms with Gasteiger partial charge in [-0.2, -0.15) is 9.97 Å². The van der Waals surface area contributed by atoms with E-state index >= 15 is 0 Å². The molecular formula is C10H17BrN4O2. The third kappa shape index (κ3) is 3.99. The van der Waals surface area contributed by atoms with Gasteiger partial charge in [0.2, 0.25) is 5.95 Å². The Kier molecular flexibility index (Phi) is 5.96. The van der Waals surface area contributed by atoms with Gasteiger partial charge in [-0.1, -0.05) is 22.9 Å². The monoisotopic (exact) mass is 304 g/mol. The topological polar surface area (TPSA) is 60.4 Å². The van der Waals surface area contributed by atoms with Crippen molar-refractivity contribution in [3.63, 3.8) is 0 Å². The molecule has 0 fully saturated rings. The molecule has 0 atom stereocenters. The predicted octanol–water partition coefficient (Wildman–Crippen LogP) is 1.50. The van der Waals surface area contributed by atoms with E-state index in [1.165, 1.54) is 14.2 Å². The van der Waals surface area contributed by atoms with Crippen molar-refractivity contribution in [1.29, 1.82) is 0 Å². The summed E-state index contributed by atoms with van der Waals surface area (Å²) in [6.07, 6.45) is 1.02. The molecule has 0 bridgehead atoms. The van der Waals surface area contributed by atoms with Crippen LogP contribution in [0.15, 0.2) is 0 Å². The van der Waals surface area contributed by atoms with Crippen LogP contribution >= 0.6 is 15.9 Å². The number of alkyl halides is 1. The second-order valence-corrected chi connectivity index (χ2v) is 4.08. The minimum Gasteiger partial charge on any atom is -0.467 e. The molecule has 17 heavy (non-hydrogen) atoms. The van der Waals surface area contributed by atoms with Gasteiger partial charge in [-0.05, 0) is 6.42 Å². The number of ether oxygens (including phenoxy) is 2. The third-order valence-corrected chi connectivity index (χ3v) is 2.43. The quantitative estimate of drug-likeness (QED) is 0.712. The normalized spacial score (nSPS) is 10.1. The van der Waals surface area contributed by atoms with E-state index in [2.05, 4.69) is 42.7 Å². The van der Waals surface area contributed by atoms with Crippen molar-refractivity contribution in [3.8, 4) is 12.0 Å². The van der Waals surface area contributed by atoms with Crippen molar-refractivity contribution in [1.82, 2.24) is 15.0 Å². The lowest BCUT2D eigenvalue weighted by Gasteiger charge is -2.21. The van der Waals surface area contributed by atoms with Crippen LogP contribution < -0.4 is 14.4 Å². The van der Waals surface area contributed by atoms with Gasteiger partial charge in [0.05, 0.1) is 14.2 Å². The van der Waals surface area contributed by atoms with Crippen molar-refractivity contribution in [2.75, 3.05) is 37.5 Å². The summed E-state index contributed by atoms with van der Waals surface area (Å²) < 4.78 is 10.0. The van der Waals surface area contributed by atoms with Crippen LogP contribution in [0.25, 0.3) is 0 Å². The maximum absolute atomic E-state index is 5.02. The maximum Gasteiger partial charge on any atom is 0.324 e. The summed E-state index contributed by atoms with van der Waals surface area (Å²) in [7, 11) is 3.04. The first-order valence-corrected chi connectivity index (χ1v) is 6.52. The van der Waals surface area contributed by atoms with Gasteiger partial charge in [0.1, 0.15) is 0 Å². The Morgan fingerprint density at radius 2 is 1.65 bits per heavy atom. The van der Waals surface area contributed by atoms with Crippen molar-refractivity contribution in [3.05, 3.63) is 0 Å². The lowest BCUT2D eigenvalue weighted by Crippen LogP contribution is -2.28. The first-order valence-electron chi connectivity index (χ1n) is 5.40. The fourth-order valence-corrected chi connectivity index (χ4v) is 1.76. The molecule has 0 unspecified atom stereocenters. The van der Waals surface area contributed by atoms with Crippen LogP contribution in [0.3, 0.4) is 0 Å². The zero-order chi connectivity index (χ0) is 12.7. The van der Waals surface area contributed by atoms with Gasteiger partial charge >= 0.3 is 12.0 Å². The molecule has 0 aliphatic rings. The summed E-state index contributed by atoms with van der Waals surface area (Å²) in [6.45, 7) is 3.81. The van der Waals surface area contributed by atoms with E-state index < -0.39 is 0 Å². The molecule has 1 heterocycles. The highest BCUT2D eigenvalue weighted by Crippen LogP contribution is 2.16. The molecule has 0 amide bonds. The first-order chi connectivity index (χ1) is 8.24. The van der Waals surface area contributed by atoms with Crippen molar-refractivity contribution >= 4 is 21.9 Å². The van der Waals surface area contributed by atoms with Gasteiger partial charge in [0.15, 0.2) is 0 Å². The standard InChI is InChI=1S/C10H17BrN4O2/c1-4-6-15(7-5-11)8-12-9(16-2)14-10(13-8)17-3/h4-7H2,1-3H3. The van der Waals surface area contributed by atoms with E-state index in [0.29, 0.717) is 5.95 Å². The van der Waals surface area contributed by atoms with Gasteiger partial charge in [-0.15, -0.1) is 4.98 Å². The SMILES string of the molecule is CCCN(CCBr)c1nc(OC)nc(OC)n1. The Bertz CT molecular complexity index is 323. The zero-order valence-corrected chi connectivity index (χ0v) is 11.9. The van der Waals surface area contributed by atoms with Crippen molar-refractivity contribution < 1.29 is 9.47 Å². The average molecular weight is 305 g/mol. The summed E-state index contributed by atoms with van der Waals surface area (Å²) in [5.74, 6) is 0.579. The molecule has 0 N–H and O–H groups in total. The Morgan fingerprint density at radius 1 is 1.06 bits per heavy atom. The molecule has 1 aromatic rings. The minimum atomic E-state index is 0.266. The number of hydrogen-bond donors (Lipinski definition) is 0. The van der Waals surface area contributed by atoms with E-state index in [-0.39, 0.29) is 12.0 Å². The van der Waals surface area contributed by atoms with Crippen LogP contribution in [0.5, 0.6) is 12.0 Å². The Labute approximate surface area is 109 Å². The minimum absolute atomic E-state index is 0.266. The first kappa shape index (κ1) is 14.0. The highest BCUT2D eigenvalue weighted by Gasteiger charge is 2.13. The molecule has 0 spiro atoms. The molecule has 0 saturated heterocycles. The van der Waals surface area contributed by atoms with Crippen LogP contribution in [0.4, 0.5) is 5.95 Å². The van der Waals surface area contributed by atoms with Gasteiger partial charge in [-0.25, -0.2) is 0 Å². The lowest BCUT2D eigenvalue weighted by molar-refractivity contribution is 0.340. The summed E-state index contributed by atoms with van der Waals surface area (Å²) in [5, 5.41) is 0.851. The van der Waals surface area contributed by atoms with Crippen LogP contribution in [0, 0.1) is 0 Å². The van der Waals surface area contributed by atoms with E-state index in [0.717, 1.165) is 24.8 Å². The molecule has 0 radical (unpaired) electrons. The number of anilines is 1. The van der Waals surface area contributed by atoms with Crippen LogP contribution in [-0.2, 0) is 0 Å². The highest BCUT2D eigenvalue weighted by molar-refractivity contribution is 9.09. The van der Waals surface area contributed by atoms with Crippen LogP contribution in [-0.4, -0.2) is 47.6 Å². The summed E-state index contributed by atoms with van der Waals surface area (Å²) >= 11 is 3.41. The van der Waals surface area contributed by atoms with E-state index in [9.17, 15) is 0 Å². The molecule has 6 nitrogen and oxygen atoms in total. The van der Waals surface area contributed by atoms with E-state index in [4.69, 9.17) is 9.47 Å². The van der Waals surface area contributed by atoms with Crippen LogP contribution in [0.2, 0.25) is 0 Å². The molecular weight excluding hydrogens is 288 g/mol. The Hall–Kier alpha value is -1.11. The predicted molar refractivity (Wildman–Crippen MR) is 69.2 cm³/mol. The molecule has 1 aromatic heterocycles. The zero-order valence-electron chi connectivity index (χ0n) is 10.3. The van der Waals surface area contributed by atoms with Crippen molar-refractivity contribution in [2.24, 2.45) is 0 Å². The number of rotatable bonds is 7. The smallest absolute Gasteiger partial charge is 0.324 e. The molecule has 0 saturated carbocycles. The summed E-state index contributed by atoms with van der Waals surface area (Å²) in [5.41, 5.74) is 0. The number of hydrogen-bond acceptors (Lipinski definition) is 6. The van der Waals surface area contributed by atoms with E-state index in [1.54, 1.807) is 0 Å².